The van der Waals surface area contributed by atoms with E-state index in [1.165, 1.54) is 12.8 Å². The molecule has 2 unspecified atom stereocenters. The third-order valence-corrected chi connectivity index (χ3v) is 6.12. The van der Waals surface area contributed by atoms with E-state index in [4.69, 9.17) is 5.73 Å². The molecule has 0 bridgehead atoms. The van der Waals surface area contributed by atoms with Gasteiger partial charge in [-0.15, -0.1) is 0 Å². The topological polar surface area (TPSA) is 63.4 Å². The molecule has 2 N–H and O–H groups in total. The summed E-state index contributed by atoms with van der Waals surface area (Å²) in [4.78, 5) is 2.18. The van der Waals surface area contributed by atoms with Crippen LogP contribution in [0.25, 0.3) is 0 Å². The van der Waals surface area contributed by atoms with E-state index < -0.39 is 9.84 Å². The van der Waals surface area contributed by atoms with E-state index in [1.807, 2.05) is 7.05 Å². The molecule has 0 spiro atoms. The Morgan fingerprint density at radius 3 is 2.53 bits per heavy atom. The van der Waals surface area contributed by atoms with Crippen molar-refractivity contribution in [2.75, 3.05) is 25.9 Å². The van der Waals surface area contributed by atoms with Crippen molar-refractivity contribution in [2.24, 2.45) is 11.7 Å². The summed E-state index contributed by atoms with van der Waals surface area (Å²) in [7, 11) is -0.898. The highest BCUT2D eigenvalue weighted by atomic mass is 32.2. The molecule has 1 aliphatic carbocycles. The number of hydrogen-bond acceptors (Lipinski definition) is 4. The average Bonchev–Trinajstić information content (AvgIpc) is 2.73. The lowest BCUT2D eigenvalue weighted by molar-refractivity contribution is 0.210. The third-order valence-electron chi connectivity index (χ3n) is 3.93. The summed E-state index contributed by atoms with van der Waals surface area (Å²) in [6, 6.07) is 0.474. The first-order valence-corrected chi connectivity index (χ1v) is 8.22. The second-order valence-corrected chi connectivity index (χ2v) is 8.07. The molecule has 1 aliphatic rings. The molecule has 1 fully saturated rings. The Hall–Kier alpha value is -0.130. The summed E-state index contributed by atoms with van der Waals surface area (Å²) in [5, 5.41) is -0.273. The molecule has 5 heteroatoms. The maximum absolute atomic E-state index is 11.7. The van der Waals surface area contributed by atoms with Crippen LogP contribution < -0.4 is 5.73 Å². The monoisotopic (exact) mass is 262 g/mol. The van der Waals surface area contributed by atoms with Crippen molar-refractivity contribution in [2.45, 2.75) is 44.4 Å². The fraction of sp³-hybridized carbons (Fsp3) is 1.00. The highest BCUT2D eigenvalue weighted by Crippen LogP contribution is 2.28. The summed E-state index contributed by atoms with van der Waals surface area (Å²) in [5.41, 5.74) is 5.75. The quantitative estimate of drug-likeness (QED) is 0.771. The van der Waals surface area contributed by atoms with E-state index in [2.05, 4.69) is 4.90 Å². The Labute approximate surface area is 105 Å². The first-order valence-electron chi connectivity index (χ1n) is 6.50. The minimum atomic E-state index is -2.92. The number of nitrogens with two attached hydrogens (primary N) is 1. The van der Waals surface area contributed by atoms with Gasteiger partial charge in [0.1, 0.15) is 0 Å². The molecular weight excluding hydrogens is 236 g/mol. The van der Waals surface area contributed by atoms with Gasteiger partial charge in [-0.2, -0.15) is 0 Å². The largest absolute Gasteiger partial charge is 0.330 e. The van der Waals surface area contributed by atoms with Gasteiger partial charge in [0.25, 0.3) is 0 Å². The van der Waals surface area contributed by atoms with Gasteiger partial charge in [-0.3, -0.25) is 0 Å². The van der Waals surface area contributed by atoms with Gasteiger partial charge in [-0.25, -0.2) is 8.42 Å². The molecule has 0 aromatic heterocycles. The van der Waals surface area contributed by atoms with Crippen LogP contribution in [0.2, 0.25) is 0 Å². The van der Waals surface area contributed by atoms with Crippen LogP contribution >= 0.6 is 0 Å². The van der Waals surface area contributed by atoms with Crippen LogP contribution in [0.1, 0.15) is 33.1 Å². The van der Waals surface area contributed by atoms with Crippen molar-refractivity contribution in [1.29, 1.82) is 0 Å². The maximum atomic E-state index is 11.7. The Bertz CT molecular complexity index is 327. The second kappa shape index (κ2) is 6.16. The predicted octanol–water partition coefficient (Wildman–Crippen LogP) is 0.869. The van der Waals surface area contributed by atoms with Crippen molar-refractivity contribution < 1.29 is 8.42 Å². The number of sulfone groups is 1. The zero-order valence-electron chi connectivity index (χ0n) is 11.2. The number of nitrogens with zero attached hydrogens (tertiary/aromatic N) is 1. The lowest BCUT2D eigenvalue weighted by Crippen LogP contribution is -2.40. The van der Waals surface area contributed by atoms with Crippen LogP contribution in [0.15, 0.2) is 0 Å². The molecule has 0 aromatic carbocycles. The molecule has 2 atom stereocenters. The summed E-state index contributed by atoms with van der Waals surface area (Å²) in [5.74, 6) is 0.802. The fourth-order valence-electron chi connectivity index (χ4n) is 2.55. The zero-order valence-corrected chi connectivity index (χ0v) is 12.0. The first-order chi connectivity index (χ1) is 7.88. The normalized spacial score (nSPS) is 26.0. The highest BCUT2D eigenvalue weighted by Gasteiger charge is 2.29. The SMILES string of the molecule is CC(C)S(=O)(=O)CCN(C)C1CCCC1CN. The Morgan fingerprint density at radius 1 is 1.35 bits per heavy atom. The van der Waals surface area contributed by atoms with E-state index in [0.717, 1.165) is 6.42 Å². The average molecular weight is 262 g/mol. The van der Waals surface area contributed by atoms with E-state index in [-0.39, 0.29) is 11.0 Å². The van der Waals surface area contributed by atoms with Crippen LogP contribution in [0.5, 0.6) is 0 Å². The van der Waals surface area contributed by atoms with Crippen molar-refractivity contribution >= 4 is 9.84 Å². The van der Waals surface area contributed by atoms with Crippen molar-refractivity contribution in [3.05, 3.63) is 0 Å². The molecule has 0 aliphatic heterocycles. The van der Waals surface area contributed by atoms with Crippen LogP contribution in [-0.2, 0) is 9.84 Å². The predicted molar refractivity (Wildman–Crippen MR) is 71.7 cm³/mol. The first kappa shape index (κ1) is 14.9. The number of rotatable bonds is 6. The lowest BCUT2D eigenvalue weighted by atomic mass is 10.0. The van der Waals surface area contributed by atoms with Crippen LogP contribution in [0.3, 0.4) is 0 Å². The van der Waals surface area contributed by atoms with Gasteiger partial charge in [-0.1, -0.05) is 6.42 Å². The van der Waals surface area contributed by atoms with Gasteiger partial charge < -0.3 is 10.6 Å². The smallest absolute Gasteiger partial charge is 0.153 e. The van der Waals surface area contributed by atoms with Crippen molar-refractivity contribution in [3.8, 4) is 0 Å². The van der Waals surface area contributed by atoms with E-state index in [9.17, 15) is 8.42 Å². The Balaban J connectivity index is 2.47. The van der Waals surface area contributed by atoms with Gasteiger partial charge in [0, 0.05) is 12.6 Å². The summed E-state index contributed by atoms with van der Waals surface area (Å²) >= 11 is 0. The maximum Gasteiger partial charge on any atom is 0.153 e. The van der Waals surface area contributed by atoms with Crippen molar-refractivity contribution in [3.63, 3.8) is 0 Å². The Kier molecular flexibility index (Phi) is 5.41. The Morgan fingerprint density at radius 2 is 2.00 bits per heavy atom. The molecule has 1 rings (SSSR count). The second-order valence-electron chi connectivity index (χ2n) is 5.39. The molecule has 0 aromatic rings. The molecule has 0 amide bonds. The molecule has 0 heterocycles. The van der Waals surface area contributed by atoms with Gasteiger partial charge in [0.2, 0.25) is 0 Å². The van der Waals surface area contributed by atoms with Crippen LogP contribution in [-0.4, -0.2) is 50.5 Å². The summed E-state index contributed by atoms with van der Waals surface area (Å²) in [6.07, 6.45) is 3.55. The van der Waals surface area contributed by atoms with Gasteiger partial charge >= 0.3 is 0 Å². The molecule has 4 nitrogen and oxygen atoms in total. The molecular formula is C12H26N2O2S. The van der Waals surface area contributed by atoms with Gasteiger partial charge in [0.15, 0.2) is 9.84 Å². The van der Waals surface area contributed by atoms with Crippen molar-refractivity contribution in [1.82, 2.24) is 4.90 Å². The summed E-state index contributed by atoms with van der Waals surface area (Å²) in [6.45, 7) is 4.83. The third kappa shape index (κ3) is 3.93. The minimum absolute atomic E-state index is 0.259. The molecule has 102 valence electrons. The van der Waals surface area contributed by atoms with E-state index in [1.54, 1.807) is 13.8 Å². The summed E-state index contributed by atoms with van der Waals surface area (Å²) < 4.78 is 23.5. The molecule has 1 saturated carbocycles. The molecule has 0 radical (unpaired) electrons. The van der Waals surface area contributed by atoms with Crippen LogP contribution in [0, 0.1) is 5.92 Å². The molecule has 0 saturated heterocycles. The van der Waals surface area contributed by atoms with E-state index >= 15 is 0 Å². The fourth-order valence-corrected chi connectivity index (χ4v) is 3.56. The zero-order chi connectivity index (χ0) is 13.1. The minimum Gasteiger partial charge on any atom is -0.330 e. The van der Waals surface area contributed by atoms with Crippen LogP contribution in [0.4, 0.5) is 0 Å². The lowest BCUT2D eigenvalue weighted by Gasteiger charge is -2.29. The molecule has 17 heavy (non-hydrogen) atoms. The standard InChI is InChI=1S/C12H26N2O2S/c1-10(2)17(15,16)8-7-14(3)12-6-4-5-11(12)9-13/h10-12H,4-9,13H2,1-3H3. The van der Waals surface area contributed by atoms with E-state index in [0.29, 0.717) is 25.0 Å². The van der Waals surface area contributed by atoms with Gasteiger partial charge in [0.05, 0.1) is 11.0 Å². The number of hydrogen-bond donors (Lipinski definition) is 1. The highest BCUT2D eigenvalue weighted by molar-refractivity contribution is 7.92. The van der Waals surface area contributed by atoms with Gasteiger partial charge in [-0.05, 0) is 46.2 Å².